The highest BCUT2D eigenvalue weighted by Gasteiger charge is 2.45. The number of aliphatic imine (C=N–C) groups is 1. The molecule has 48 heavy (non-hydrogen) atoms. The zero-order chi connectivity index (χ0) is 34.7. The Morgan fingerprint density at radius 2 is 1.83 bits per heavy atom. The number of carbonyl (C=O) groups excluding carboxylic acids is 2. The van der Waals surface area contributed by atoms with Gasteiger partial charge in [-0.15, -0.1) is 0 Å². The van der Waals surface area contributed by atoms with E-state index in [-0.39, 0.29) is 38.0 Å². The number of hydrogen-bond donors (Lipinski definition) is 2. The van der Waals surface area contributed by atoms with Crippen molar-refractivity contribution in [2.45, 2.75) is 50.9 Å². The van der Waals surface area contributed by atoms with Gasteiger partial charge >= 0.3 is 11.9 Å². The van der Waals surface area contributed by atoms with Crippen molar-refractivity contribution in [3.63, 3.8) is 0 Å². The van der Waals surface area contributed by atoms with Gasteiger partial charge in [0.15, 0.2) is 0 Å². The Hall–Kier alpha value is -4.46. The lowest BCUT2D eigenvalue weighted by molar-refractivity contribution is -0.384. The number of carboxylic acids is 1. The number of nitrogens with zero attached hydrogens (tertiary/aromatic N) is 4. The molecular formula is C35H45N5O8. The summed E-state index contributed by atoms with van der Waals surface area (Å²) in [5, 5.41) is 21.8. The number of allylic oxidation sites excluding steroid dienone is 1. The van der Waals surface area contributed by atoms with Gasteiger partial charge in [-0.2, -0.15) is 0 Å². The minimum Gasteiger partial charge on any atom is -0.481 e. The zero-order valence-corrected chi connectivity index (χ0v) is 27.6. The Labute approximate surface area is 280 Å². The van der Waals surface area contributed by atoms with Gasteiger partial charge in [-0.1, -0.05) is 49.4 Å². The van der Waals surface area contributed by atoms with Crippen molar-refractivity contribution < 1.29 is 33.9 Å². The molecule has 2 unspecified atom stereocenters. The van der Waals surface area contributed by atoms with Gasteiger partial charge in [0.05, 0.1) is 41.6 Å². The topological polar surface area (TPSA) is 178 Å². The van der Waals surface area contributed by atoms with E-state index in [2.05, 4.69) is 4.90 Å². The van der Waals surface area contributed by atoms with Crippen LogP contribution < -0.4 is 5.73 Å². The van der Waals surface area contributed by atoms with Crippen molar-refractivity contribution in [1.29, 1.82) is 0 Å². The van der Waals surface area contributed by atoms with Crippen LogP contribution in [0.2, 0.25) is 0 Å². The number of rotatable bonds is 17. The molecule has 2 heterocycles. The summed E-state index contributed by atoms with van der Waals surface area (Å²) in [6.45, 7) is 6.67. The fourth-order valence-corrected chi connectivity index (χ4v) is 6.76. The summed E-state index contributed by atoms with van der Waals surface area (Å²) in [6, 6.07) is 15.5. The number of ether oxygens (including phenoxy) is 2. The first-order valence-electron chi connectivity index (χ1n) is 16.4. The van der Waals surface area contributed by atoms with Crippen LogP contribution in [0.3, 0.4) is 0 Å². The Bertz CT molecular complexity index is 1490. The highest BCUT2D eigenvalue weighted by Crippen LogP contribution is 2.42. The molecule has 0 radical (unpaired) electrons. The Kier molecular flexibility index (Phi) is 13.0. The Morgan fingerprint density at radius 1 is 1.15 bits per heavy atom. The number of benzene rings is 2. The van der Waals surface area contributed by atoms with Crippen LogP contribution in [0.25, 0.3) is 0 Å². The summed E-state index contributed by atoms with van der Waals surface area (Å²) in [5.74, 6) is -3.26. The predicted octanol–water partition coefficient (Wildman–Crippen LogP) is 3.88. The average Bonchev–Trinajstić information content (AvgIpc) is 3.10. The maximum atomic E-state index is 13.2. The van der Waals surface area contributed by atoms with E-state index in [1.165, 1.54) is 29.2 Å². The summed E-state index contributed by atoms with van der Waals surface area (Å²) < 4.78 is 11.3. The molecule has 2 aliphatic rings. The van der Waals surface area contributed by atoms with Crippen molar-refractivity contribution in [3.8, 4) is 0 Å². The van der Waals surface area contributed by atoms with Gasteiger partial charge in [0, 0.05) is 36.9 Å². The number of non-ortho nitro benzene ring substituents is 1. The van der Waals surface area contributed by atoms with Gasteiger partial charge < -0.3 is 30.1 Å². The standard InChI is InChI=1S/C35H45N5O8/c1-3-28-31(33(42)43)30(25-11-13-27(14-12-25)40(45)46)32(29(37-28)23-47-22-17-36)39(24-41)19-8-18-38-20-15-35(16-21-38,34(44)48-4-2)26-9-6-5-7-10-26/h5-7,9-14,24,30-31H,3-4,8,15-23,36H2,1-2H3,(H,42,43). The van der Waals surface area contributed by atoms with E-state index >= 15 is 0 Å². The van der Waals surface area contributed by atoms with Crippen LogP contribution in [-0.4, -0.2) is 96.4 Å². The molecule has 0 saturated carbocycles. The minimum absolute atomic E-state index is 0.0117. The summed E-state index contributed by atoms with van der Waals surface area (Å²) in [7, 11) is 0. The maximum absolute atomic E-state index is 13.2. The Balaban J connectivity index is 1.59. The van der Waals surface area contributed by atoms with Gasteiger partial charge in [-0.05, 0) is 63.4 Å². The van der Waals surface area contributed by atoms with Crippen LogP contribution in [0.1, 0.15) is 56.6 Å². The molecule has 13 heteroatoms. The number of nitro groups is 1. The van der Waals surface area contributed by atoms with Crippen LogP contribution in [0, 0.1) is 16.0 Å². The smallest absolute Gasteiger partial charge is 0.316 e. The predicted molar refractivity (Wildman–Crippen MR) is 179 cm³/mol. The van der Waals surface area contributed by atoms with E-state index in [4.69, 9.17) is 20.2 Å². The SMILES string of the molecule is CCOC(=O)C1(c2ccccc2)CCN(CCCN(C=O)C2=C(COCCN)N=C(CC)C(C(=O)O)C2c2ccc([N+](=O)[O-])cc2)CC1. The molecule has 1 amide bonds. The van der Waals surface area contributed by atoms with Crippen molar-refractivity contribution in [3.05, 3.63) is 87.2 Å². The Morgan fingerprint density at radius 3 is 2.40 bits per heavy atom. The lowest BCUT2D eigenvalue weighted by Gasteiger charge is -2.40. The fraction of sp³-hybridized carbons (Fsp3) is 0.486. The van der Waals surface area contributed by atoms with Gasteiger partial charge in [-0.3, -0.25) is 29.5 Å². The summed E-state index contributed by atoms with van der Waals surface area (Å²) in [5.41, 5.74) is 7.50. The van der Waals surface area contributed by atoms with Crippen LogP contribution in [0.15, 0.2) is 71.0 Å². The molecule has 1 fully saturated rings. The molecule has 0 spiro atoms. The average molecular weight is 664 g/mol. The van der Waals surface area contributed by atoms with E-state index in [1.54, 1.807) is 6.92 Å². The fourth-order valence-electron chi connectivity index (χ4n) is 6.76. The second-order valence-corrected chi connectivity index (χ2v) is 11.9. The first kappa shape index (κ1) is 36.4. The van der Waals surface area contributed by atoms with Gasteiger partial charge in [0.2, 0.25) is 6.41 Å². The van der Waals surface area contributed by atoms with Gasteiger partial charge in [0.25, 0.3) is 5.69 Å². The number of nitro benzene ring substituents is 1. The summed E-state index contributed by atoms with van der Waals surface area (Å²) in [6.07, 6.45) is 2.78. The molecule has 4 rings (SSSR count). The molecule has 2 aromatic carbocycles. The van der Waals surface area contributed by atoms with Crippen molar-refractivity contribution in [1.82, 2.24) is 9.80 Å². The number of piperidine rings is 1. The van der Waals surface area contributed by atoms with Gasteiger partial charge in [-0.25, -0.2) is 0 Å². The number of esters is 1. The molecule has 13 nitrogen and oxygen atoms in total. The third-order valence-electron chi connectivity index (χ3n) is 9.17. The highest BCUT2D eigenvalue weighted by atomic mass is 16.6. The molecule has 3 N–H and O–H groups in total. The molecular weight excluding hydrogens is 618 g/mol. The number of carbonyl (C=O) groups is 3. The molecule has 0 aliphatic carbocycles. The lowest BCUT2D eigenvalue weighted by atomic mass is 9.72. The second kappa shape index (κ2) is 17.1. The van der Waals surface area contributed by atoms with Crippen molar-refractivity contribution in [2.75, 3.05) is 52.5 Å². The second-order valence-electron chi connectivity index (χ2n) is 11.9. The minimum atomic E-state index is -1.11. The molecule has 2 aromatic rings. The third kappa shape index (κ3) is 8.15. The third-order valence-corrected chi connectivity index (χ3v) is 9.17. The van der Waals surface area contributed by atoms with Gasteiger partial charge in [0.1, 0.15) is 5.92 Å². The first-order chi connectivity index (χ1) is 23.2. The van der Waals surface area contributed by atoms with Crippen LogP contribution in [-0.2, 0) is 29.3 Å². The summed E-state index contributed by atoms with van der Waals surface area (Å²) in [4.78, 5) is 58.0. The van der Waals surface area contributed by atoms with Crippen LogP contribution in [0.5, 0.6) is 0 Å². The molecule has 2 aliphatic heterocycles. The molecule has 258 valence electrons. The number of carboxylic acid groups (broad SMARTS) is 1. The van der Waals surface area contributed by atoms with Crippen molar-refractivity contribution >= 4 is 29.7 Å². The number of aliphatic carboxylic acids is 1. The molecule has 2 atom stereocenters. The molecule has 0 bridgehead atoms. The van der Waals surface area contributed by atoms with E-state index in [1.807, 2.05) is 37.3 Å². The maximum Gasteiger partial charge on any atom is 0.316 e. The summed E-state index contributed by atoms with van der Waals surface area (Å²) >= 11 is 0. The lowest BCUT2D eigenvalue weighted by Crippen LogP contribution is -2.48. The van der Waals surface area contributed by atoms with E-state index < -0.39 is 28.1 Å². The first-order valence-corrected chi connectivity index (χ1v) is 16.4. The van der Waals surface area contributed by atoms with E-state index in [0.29, 0.717) is 81.0 Å². The number of amides is 1. The van der Waals surface area contributed by atoms with Crippen LogP contribution in [0.4, 0.5) is 5.69 Å². The number of likely N-dealkylation sites (tertiary alicyclic amines) is 1. The van der Waals surface area contributed by atoms with E-state index in [0.717, 1.165) is 5.56 Å². The molecule has 1 saturated heterocycles. The van der Waals surface area contributed by atoms with Crippen molar-refractivity contribution in [2.24, 2.45) is 16.6 Å². The molecule has 0 aromatic heterocycles. The largest absolute Gasteiger partial charge is 0.481 e. The number of nitrogens with two attached hydrogens (primary N) is 1. The quantitative estimate of drug-likeness (QED) is 0.0830. The zero-order valence-electron chi connectivity index (χ0n) is 27.6. The highest BCUT2D eigenvalue weighted by molar-refractivity contribution is 6.04. The van der Waals surface area contributed by atoms with E-state index in [9.17, 15) is 29.6 Å². The monoisotopic (exact) mass is 663 g/mol. The van der Waals surface area contributed by atoms with Crippen LogP contribution >= 0.6 is 0 Å². The number of hydrogen-bond acceptors (Lipinski definition) is 10. The normalized spacial score (nSPS) is 19.4.